The number of hydrogen-bond acceptors (Lipinski definition) is 4. The lowest BCUT2D eigenvalue weighted by atomic mass is 10.3. The smallest absolute Gasteiger partial charge is 0.260 e. The van der Waals surface area contributed by atoms with Crippen LogP contribution in [0, 0.1) is 0 Å². The van der Waals surface area contributed by atoms with Crippen LogP contribution in [-0.2, 0) is 4.79 Å². The van der Waals surface area contributed by atoms with Crippen LogP contribution in [-0.4, -0.2) is 41.7 Å². The van der Waals surface area contributed by atoms with Crippen molar-refractivity contribution in [3.05, 3.63) is 24.3 Å². The number of amides is 1. The number of hydrogen-bond donors (Lipinski definition) is 2. The molecule has 0 atom stereocenters. The number of carbonyl (C=O) groups excluding carboxylic acids is 1. The van der Waals surface area contributed by atoms with E-state index in [2.05, 4.69) is 0 Å². The summed E-state index contributed by atoms with van der Waals surface area (Å²) in [4.78, 5) is 13.6. The minimum absolute atomic E-state index is 0.0181. The van der Waals surface area contributed by atoms with Crippen molar-refractivity contribution in [1.29, 1.82) is 0 Å². The molecule has 98 valence electrons. The van der Waals surface area contributed by atoms with E-state index >= 15 is 0 Å². The number of aliphatic hydroxyl groups excluding tert-OH is 1. The van der Waals surface area contributed by atoms with Gasteiger partial charge >= 0.3 is 0 Å². The van der Waals surface area contributed by atoms with Crippen molar-refractivity contribution < 1.29 is 14.6 Å². The van der Waals surface area contributed by atoms with Gasteiger partial charge in [0.05, 0.1) is 12.3 Å². The fourth-order valence-electron chi connectivity index (χ4n) is 1.84. The second-order valence-corrected chi connectivity index (χ2v) is 4.37. The van der Waals surface area contributed by atoms with E-state index in [0.29, 0.717) is 18.0 Å². The maximum Gasteiger partial charge on any atom is 0.260 e. The van der Waals surface area contributed by atoms with Gasteiger partial charge in [0.2, 0.25) is 0 Å². The van der Waals surface area contributed by atoms with Crippen LogP contribution < -0.4 is 10.5 Å². The fourth-order valence-corrected chi connectivity index (χ4v) is 1.84. The lowest BCUT2D eigenvalue weighted by Crippen LogP contribution is -2.38. The second kappa shape index (κ2) is 5.73. The van der Waals surface area contributed by atoms with Crippen LogP contribution in [0.1, 0.15) is 12.8 Å². The largest absolute Gasteiger partial charge is 0.482 e. The second-order valence-electron chi connectivity index (χ2n) is 4.37. The molecule has 1 saturated carbocycles. The zero-order valence-electron chi connectivity index (χ0n) is 10.2. The van der Waals surface area contributed by atoms with E-state index in [-0.39, 0.29) is 25.2 Å². The summed E-state index contributed by atoms with van der Waals surface area (Å²) < 4.78 is 5.41. The molecule has 0 unspecified atom stereocenters. The Hall–Kier alpha value is -1.75. The van der Waals surface area contributed by atoms with E-state index in [4.69, 9.17) is 15.6 Å². The van der Waals surface area contributed by atoms with Crippen molar-refractivity contribution in [2.45, 2.75) is 18.9 Å². The Bertz CT molecular complexity index is 418. The van der Waals surface area contributed by atoms with Gasteiger partial charge in [0.25, 0.3) is 5.91 Å². The topological polar surface area (TPSA) is 75.8 Å². The predicted molar refractivity (Wildman–Crippen MR) is 68.2 cm³/mol. The van der Waals surface area contributed by atoms with E-state index in [1.807, 2.05) is 12.1 Å². The molecule has 0 spiro atoms. The summed E-state index contributed by atoms with van der Waals surface area (Å²) in [6, 6.07) is 7.36. The summed E-state index contributed by atoms with van der Waals surface area (Å²) in [6.45, 7) is 0.317. The van der Waals surface area contributed by atoms with Crippen LogP contribution >= 0.6 is 0 Å². The van der Waals surface area contributed by atoms with Crippen LogP contribution in [0.15, 0.2) is 24.3 Å². The van der Waals surface area contributed by atoms with Crippen LogP contribution in [0.5, 0.6) is 5.75 Å². The third-order valence-corrected chi connectivity index (χ3v) is 2.92. The SMILES string of the molecule is Nc1ccccc1OCC(=O)N(CCO)C1CC1. The van der Waals surface area contributed by atoms with Gasteiger partial charge in [-0.3, -0.25) is 4.79 Å². The monoisotopic (exact) mass is 250 g/mol. The van der Waals surface area contributed by atoms with E-state index in [9.17, 15) is 4.79 Å². The highest BCUT2D eigenvalue weighted by Crippen LogP contribution is 2.27. The van der Waals surface area contributed by atoms with Gasteiger partial charge in [-0.05, 0) is 25.0 Å². The molecule has 1 aliphatic rings. The highest BCUT2D eigenvalue weighted by molar-refractivity contribution is 5.78. The van der Waals surface area contributed by atoms with Gasteiger partial charge in [0.1, 0.15) is 5.75 Å². The van der Waals surface area contributed by atoms with Crippen molar-refractivity contribution in [2.75, 3.05) is 25.5 Å². The predicted octanol–water partition coefficient (Wildman–Crippen LogP) is 0.631. The van der Waals surface area contributed by atoms with Gasteiger partial charge in [-0.25, -0.2) is 0 Å². The van der Waals surface area contributed by atoms with E-state index in [0.717, 1.165) is 12.8 Å². The highest BCUT2D eigenvalue weighted by Gasteiger charge is 2.32. The number of benzene rings is 1. The molecule has 0 aromatic heterocycles. The summed E-state index contributed by atoms with van der Waals surface area (Å²) in [5.41, 5.74) is 6.24. The molecular weight excluding hydrogens is 232 g/mol. The Morgan fingerprint density at radius 2 is 2.17 bits per heavy atom. The summed E-state index contributed by atoms with van der Waals surface area (Å²) in [6.07, 6.45) is 2.03. The number of anilines is 1. The molecule has 1 aliphatic carbocycles. The Morgan fingerprint density at radius 1 is 1.44 bits per heavy atom. The zero-order chi connectivity index (χ0) is 13.0. The quantitative estimate of drug-likeness (QED) is 0.726. The van der Waals surface area contributed by atoms with E-state index in [1.165, 1.54) is 0 Å². The average Bonchev–Trinajstić information content (AvgIpc) is 3.19. The first-order chi connectivity index (χ1) is 8.72. The Labute approximate surface area is 106 Å². The molecule has 0 aliphatic heterocycles. The van der Waals surface area contributed by atoms with Gasteiger partial charge in [-0.15, -0.1) is 0 Å². The molecule has 1 fully saturated rings. The molecule has 1 aromatic carbocycles. The number of carbonyl (C=O) groups is 1. The number of nitrogen functional groups attached to an aromatic ring is 1. The third kappa shape index (κ3) is 3.13. The number of nitrogens with two attached hydrogens (primary N) is 1. The van der Waals surface area contributed by atoms with Crippen molar-refractivity contribution in [1.82, 2.24) is 4.90 Å². The average molecular weight is 250 g/mol. The van der Waals surface area contributed by atoms with Crippen LogP contribution in [0.3, 0.4) is 0 Å². The molecule has 3 N–H and O–H groups in total. The maximum absolute atomic E-state index is 11.9. The molecule has 5 heteroatoms. The standard InChI is InChI=1S/C13H18N2O3/c14-11-3-1-2-4-12(11)18-9-13(17)15(7-8-16)10-5-6-10/h1-4,10,16H,5-9,14H2. The summed E-state index contributed by atoms with van der Waals surface area (Å²) >= 11 is 0. The number of nitrogens with zero attached hydrogens (tertiary/aromatic N) is 1. The lowest BCUT2D eigenvalue weighted by molar-refractivity contribution is -0.134. The molecule has 18 heavy (non-hydrogen) atoms. The third-order valence-electron chi connectivity index (χ3n) is 2.92. The van der Waals surface area contributed by atoms with E-state index < -0.39 is 0 Å². The van der Waals surface area contributed by atoms with Gasteiger partial charge in [0.15, 0.2) is 6.61 Å². The molecule has 5 nitrogen and oxygen atoms in total. The van der Waals surface area contributed by atoms with Crippen molar-refractivity contribution in [3.8, 4) is 5.75 Å². The summed E-state index contributed by atoms with van der Waals surface area (Å²) in [5.74, 6) is 0.417. The minimum Gasteiger partial charge on any atom is -0.482 e. The lowest BCUT2D eigenvalue weighted by Gasteiger charge is -2.21. The summed E-state index contributed by atoms with van der Waals surface area (Å²) in [5, 5.41) is 8.94. The number of aliphatic hydroxyl groups is 1. The molecule has 0 heterocycles. The highest BCUT2D eigenvalue weighted by atomic mass is 16.5. The number of ether oxygens (including phenoxy) is 1. The van der Waals surface area contributed by atoms with Gasteiger partial charge in [-0.2, -0.15) is 0 Å². The Morgan fingerprint density at radius 3 is 2.78 bits per heavy atom. The normalized spacial score (nSPS) is 14.3. The van der Waals surface area contributed by atoms with Crippen LogP contribution in [0.25, 0.3) is 0 Å². The van der Waals surface area contributed by atoms with Crippen molar-refractivity contribution in [2.24, 2.45) is 0 Å². The van der Waals surface area contributed by atoms with Crippen molar-refractivity contribution >= 4 is 11.6 Å². The van der Waals surface area contributed by atoms with Gasteiger partial charge < -0.3 is 20.5 Å². The molecular formula is C13H18N2O3. The Balaban J connectivity index is 1.89. The van der Waals surface area contributed by atoms with E-state index in [1.54, 1.807) is 17.0 Å². The van der Waals surface area contributed by atoms with Gasteiger partial charge in [-0.1, -0.05) is 12.1 Å². The fraction of sp³-hybridized carbons (Fsp3) is 0.462. The molecule has 0 saturated heterocycles. The van der Waals surface area contributed by atoms with Crippen LogP contribution in [0.2, 0.25) is 0 Å². The van der Waals surface area contributed by atoms with Gasteiger partial charge in [0, 0.05) is 12.6 Å². The first kappa shape index (κ1) is 12.7. The molecule has 2 rings (SSSR count). The van der Waals surface area contributed by atoms with Crippen molar-refractivity contribution in [3.63, 3.8) is 0 Å². The molecule has 0 radical (unpaired) electrons. The number of para-hydroxylation sites is 2. The summed E-state index contributed by atoms with van der Waals surface area (Å²) in [7, 11) is 0. The molecule has 0 bridgehead atoms. The maximum atomic E-state index is 11.9. The molecule has 1 amide bonds. The number of rotatable bonds is 6. The first-order valence-electron chi connectivity index (χ1n) is 6.10. The van der Waals surface area contributed by atoms with Crippen LogP contribution in [0.4, 0.5) is 5.69 Å². The molecule has 1 aromatic rings. The first-order valence-corrected chi connectivity index (χ1v) is 6.10. The zero-order valence-corrected chi connectivity index (χ0v) is 10.2. The Kier molecular flexibility index (Phi) is 4.04. The minimum atomic E-state index is -0.102.